The van der Waals surface area contributed by atoms with E-state index in [1.807, 2.05) is 0 Å². The van der Waals surface area contributed by atoms with Crippen molar-refractivity contribution < 1.29 is 18.7 Å². The predicted molar refractivity (Wildman–Crippen MR) is 79.1 cm³/mol. The number of nitrogens with one attached hydrogen (secondary N) is 1. The molecule has 0 spiro atoms. The van der Waals surface area contributed by atoms with Crippen LogP contribution < -0.4 is 5.32 Å². The number of carbonyl (C=O) groups is 1. The molecule has 0 radical (unpaired) electrons. The summed E-state index contributed by atoms with van der Waals surface area (Å²) in [6, 6.07) is 11.1. The number of benzene rings is 2. The lowest BCUT2D eigenvalue weighted by Gasteiger charge is -2.24. The summed E-state index contributed by atoms with van der Waals surface area (Å²) in [7, 11) is 0. The fourth-order valence-electron chi connectivity index (χ4n) is 2.03. The van der Waals surface area contributed by atoms with Crippen molar-refractivity contribution in [1.29, 1.82) is 0 Å². The molecule has 0 aliphatic heterocycles. The Morgan fingerprint density at radius 3 is 2.09 bits per heavy atom. The van der Waals surface area contributed by atoms with Gasteiger partial charge in [-0.2, -0.15) is 0 Å². The van der Waals surface area contributed by atoms with Gasteiger partial charge in [0.1, 0.15) is 17.2 Å². The first kappa shape index (κ1) is 16.1. The molecule has 22 heavy (non-hydrogen) atoms. The molecule has 0 heterocycles. The summed E-state index contributed by atoms with van der Waals surface area (Å²) in [4.78, 5) is 11.9. The van der Waals surface area contributed by atoms with Crippen LogP contribution in [0.5, 0.6) is 0 Å². The second kappa shape index (κ2) is 6.66. The van der Waals surface area contributed by atoms with Gasteiger partial charge in [0.2, 0.25) is 5.91 Å². The van der Waals surface area contributed by atoms with Gasteiger partial charge < -0.3 is 10.4 Å². The van der Waals surface area contributed by atoms with Crippen molar-refractivity contribution in [3.8, 4) is 0 Å². The van der Waals surface area contributed by atoms with E-state index in [-0.39, 0.29) is 30.5 Å². The first-order valence-corrected chi connectivity index (χ1v) is 6.86. The Bertz CT molecular complexity index is 637. The average molecular weight is 305 g/mol. The summed E-state index contributed by atoms with van der Waals surface area (Å²) in [5.74, 6) is -1.03. The molecule has 0 saturated heterocycles. The smallest absolute Gasteiger partial charge is 0.224 e. The van der Waals surface area contributed by atoms with Gasteiger partial charge in [0, 0.05) is 0 Å². The van der Waals surface area contributed by atoms with E-state index in [4.69, 9.17) is 0 Å². The number of carbonyl (C=O) groups excluding carboxylic acids is 1. The molecule has 5 heteroatoms. The number of rotatable bonds is 5. The Kier molecular flexibility index (Phi) is 4.88. The highest BCUT2D eigenvalue weighted by Gasteiger charge is 2.23. The molecule has 1 amide bonds. The zero-order valence-electron chi connectivity index (χ0n) is 12.1. The molecule has 1 unspecified atom stereocenters. The SMILES string of the molecule is CC(O)(CNC(=O)Cc1ccc(F)cc1)c1ccc(F)cc1. The van der Waals surface area contributed by atoms with Crippen molar-refractivity contribution in [2.45, 2.75) is 18.9 Å². The molecule has 0 fully saturated rings. The number of hydrogen-bond acceptors (Lipinski definition) is 2. The third kappa shape index (κ3) is 4.36. The minimum Gasteiger partial charge on any atom is -0.384 e. The Balaban J connectivity index is 1.92. The van der Waals surface area contributed by atoms with Crippen molar-refractivity contribution in [3.63, 3.8) is 0 Å². The molecule has 116 valence electrons. The van der Waals surface area contributed by atoms with Gasteiger partial charge in [-0.25, -0.2) is 8.78 Å². The van der Waals surface area contributed by atoms with E-state index < -0.39 is 5.60 Å². The van der Waals surface area contributed by atoms with E-state index in [9.17, 15) is 18.7 Å². The van der Waals surface area contributed by atoms with Crippen molar-refractivity contribution in [1.82, 2.24) is 5.32 Å². The number of aliphatic hydroxyl groups is 1. The largest absolute Gasteiger partial charge is 0.384 e. The second-order valence-electron chi connectivity index (χ2n) is 5.36. The predicted octanol–water partition coefficient (Wildman–Crippen LogP) is 2.53. The highest BCUT2D eigenvalue weighted by atomic mass is 19.1. The normalized spacial score (nSPS) is 13.5. The first-order chi connectivity index (χ1) is 10.4. The lowest BCUT2D eigenvalue weighted by Crippen LogP contribution is -2.39. The Hall–Kier alpha value is -2.27. The molecule has 2 aromatic rings. The fourth-order valence-corrected chi connectivity index (χ4v) is 2.03. The zero-order valence-corrected chi connectivity index (χ0v) is 12.1. The molecular formula is C17H17F2NO2. The summed E-state index contributed by atoms with van der Waals surface area (Å²) in [6.45, 7) is 1.54. The fraction of sp³-hybridized carbons (Fsp3) is 0.235. The van der Waals surface area contributed by atoms with Crippen LogP contribution in [0.15, 0.2) is 48.5 Å². The van der Waals surface area contributed by atoms with Crippen molar-refractivity contribution in [3.05, 3.63) is 71.3 Å². The highest BCUT2D eigenvalue weighted by Crippen LogP contribution is 2.19. The van der Waals surface area contributed by atoms with Gasteiger partial charge in [-0.05, 0) is 42.3 Å². The van der Waals surface area contributed by atoms with Crippen LogP contribution in [-0.2, 0) is 16.8 Å². The van der Waals surface area contributed by atoms with Crippen LogP contribution >= 0.6 is 0 Å². The zero-order chi connectivity index (χ0) is 16.2. The Morgan fingerprint density at radius 1 is 1.05 bits per heavy atom. The molecule has 2 rings (SSSR count). The van der Waals surface area contributed by atoms with Crippen LogP contribution in [-0.4, -0.2) is 17.6 Å². The third-order valence-corrected chi connectivity index (χ3v) is 3.37. The van der Waals surface area contributed by atoms with Gasteiger partial charge in [0.05, 0.1) is 13.0 Å². The van der Waals surface area contributed by atoms with Crippen LogP contribution in [0.4, 0.5) is 8.78 Å². The standard InChI is InChI=1S/C17H17F2NO2/c1-17(22,13-4-8-15(19)9-5-13)11-20-16(21)10-12-2-6-14(18)7-3-12/h2-9,22H,10-11H2,1H3,(H,20,21). The average Bonchev–Trinajstić information content (AvgIpc) is 2.48. The molecule has 0 aromatic heterocycles. The van der Waals surface area contributed by atoms with Crippen LogP contribution in [0.25, 0.3) is 0 Å². The molecule has 0 aliphatic rings. The van der Waals surface area contributed by atoms with Crippen molar-refractivity contribution >= 4 is 5.91 Å². The Morgan fingerprint density at radius 2 is 1.55 bits per heavy atom. The van der Waals surface area contributed by atoms with Gasteiger partial charge >= 0.3 is 0 Å². The van der Waals surface area contributed by atoms with Gasteiger partial charge in [-0.1, -0.05) is 24.3 Å². The maximum atomic E-state index is 12.9. The number of hydrogen-bond donors (Lipinski definition) is 2. The maximum absolute atomic E-state index is 12.9. The van der Waals surface area contributed by atoms with Crippen LogP contribution in [0.3, 0.4) is 0 Å². The summed E-state index contributed by atoms with van der Waals surface area (Å²) >= 11 is 0. The minimum absolute atomic E-state index is 0.00133. The second-order valence-corrected chi connectivity index (χ2v) is 5.36. The topological polar surface area (TPSA) is 49.3 Å². The van der Waals surface area contributed by atoms with E-state index in [0.717, 1.165) is 0 Å². The molecular weight excluding hydrogens is 288 g/mol. The number of amides is 1. The highest BCUT2D eigenvalue weighted by molar-refractivity contribution is 5.78. The van der Waals surface area contributed by atoms with Crippen molar-refractivity contribution in [2.24, 2.45) is 0 Å². The molecule has 1 atom stereocenters. The Labute approximate surface area is 127 Å². The van der Waals surface area contributed by atoms with E-state index in [1.54, 1.807) is 6.92 Å². The van der Waals surface area contributed by atoms with Gasteiger partial charge in [-0.3, -0.25) is 4.79 Å². The van der Waals surface area contributed by atoms with Gasteiger partial charge in [0.15, 0.2) is 0 Å². The lowest BCUT2D eigenvalue weighted by molar-refractivity contribution is -0.121. The van der Waals surface area contributed by atoms with Gasteiger partial charge in [-0.15, -0.1) is 0 Å². The molecule has 3 nitrogen and oxygen atoms in total. The summed E-state index contributed by atoms with van der Waals surface area (Å²) in [5.41, 5.74) is -0.108. The van der Waals surface area contributed by atoms with E-state index in [2.05, 4.69) is 5.32 Å². The quantitative estimate of drug-likeness (QED) is 0.892. The summed E-state index contributed by atoms with van der Waals surface area (Å²) < 4.78 is 25.7. The van der Waals surface area contributed by atoms with E-state index in [1.165, 1.54) is 48.5 Å². The van der Waals surface area contributed by atoms with Crippen molar-refractivity contribution in [2.75, 3.05) is 6.54 Å². The molecule has 2 N–H and O–H groups in total. The molecule has 0 saturated carbocycles. The first-order valence-electron chi connectivity index (χ1n) is 6.86. The third-order valence-electron chi connectivity index (χ3n) is 3.37. The van der Waals surface area contributed by atoms with Gasteiger partial charge in [0.25, 0.3) is 0 Å². The number of halogens is 2. The molecule has 2 aromatic carbocycles. The minimum atomic E-state index is -1.30. The summed E-state index contributed by atoms with van der Waals surface area (Å²) in [5, 5.41) is 13.0. The lowest BCUT2D eigenvalue weighted by atomic mass is 9.96. The van der Waals surface area contributed by atoms with Crippen LogP contribution in [0.1, 0.15) is 18.1 Å². The molecule has 0 bridgehead atoms. The maximum Gasteiger partial charge on any atom is 0.224 e. The van der Waals surface area contributed by atoms with Crippen LogP contribution in [0, 0.1) is 11.6 Å². The van der Waals surface area contributed by atoms with Crippen LogP contribution in [0.2, 0.25) is 0 Å². The summed E-state index contributed by atoms with van der Waals surface area (Å²) in [6.07, 6.45) is 0.0970. The molecule has 0 aliphatic carbocycles. The monoisotopic (exact) mass is 305 g/mol. The van der Waals surface area contributed by atoms with E-state index in [0.29, 0.717) is 11.1 Å². The van der Waals surface area contributed by atoms with E-state index >= 15 is 0 Å².